The van der Waals surface area contributed by atoms with Gasteiger partial charge in [-0.3, -0.25) is 0 Å². The highest BCUT2D eigenvalue weighted by atomic mass is 35.5. The molecule has 2 heterocycles. The summed E-state index contributed by atoms with van der Waals surface area (Å²) in [5, 5.41) is 5.10. The highest BCUT2D eigenvalue weighted by Gasteiger charge is 2.29. The highest BCUT2D eigenvalue weighted by molar-refractivity contribution is 5.87. The molecule has 2 aromatic rings. The number of halogens is 1. The van der Waals surface area contributed by atoms with E-state index < -0.39 is 0 Å². The zero-order chi connectivity index (χ0) is 14.4. The molecule has 0 saturated carbocycles. The lowest BCUT2D eigenvalue weighted by atomic mass is 9.91. The molecule has 0 saturated heterocycles. The first-order chi connectivity index (χ1) is 10.2. The smallest absolute Gasteiger partial charge is 0.120 e. The summed E-state index contributed by atoms with van der Waals surface area (Å²) in [5.41, 5.74) is 4.50. The molecule has 3 nitrogen and oxygen atoms in total. The molecule has 0 bridgehead atoms. The molecule has 0 fully saturated rings. The molecule has 2 aliphatic rings. The van der Waals surface area contributed by atoms with E-state index in [1.807, 2.05) is 0 Å². The number of nitrogens with zero attached hydrogens (tertiary/aromatic N) is 1. The third-order valence-corrected chi connectivity index (χ3v) is 4.74. The molecule has 4 rings (SSSR count). The van der Waals surface area contributed by atoms with E-state index in [2.05, 4.69) is 41.9 Å². The maximum absolute atomic E-state index is 5.93. The fraction of sp³-hybridized carbons (Fsp3) is 0.556. The Hall–Kier alpha value is -1.19. The number of hydrogen-bond donors (Lipinski definition) is 1. The van der Waals surface area contributed by atoms with E-state index >= 15 is 0 Å². The number of aromatic nitrogens is 1. The normalized spacial score (nSPS) is 19.9. The van der Waals surface area contributed by atoms with Crippen LogP contribution < -0.4 is 10.1 Å². The lowest BCUT2D eigenvalue weighted by Crippen LogP contribution is -2.35. The standard InChI is InChI=1S/C18H24N2O.ClH/c1-12(2)11-21-13-6-7-17-15(10-13)14-4-3-5-16-18(14)20(17)9-8-19-16;/h6-7,10,12,16,19H,3-5,8-9,11H2,1-2H3;1H. The van der Waals surface area contributed by atoms with E-state index in [0.717, 1.165) is 25.4 Å². The zero-order valence-electron chi connectivity index (χ0n) is 13.4. The summed E-state index contributed by atoms with van der Waals surface area (Å²) in [7, 11) is 0. The van der Waals surface area contributed by atoms with Crippen LogP contribution in [0, 0.1) is 5.92 Å². The SMILES string of the molecule is CC(C)COc1ccc2c(c1)c1c3n2CCNC3CCC1.Cl. The van der Waals surface area contributed by atoms with Gasteiger partial charge in [0.1, 0.15) is 5.75 Å². The second kappa shape index (κ2) is 6.13. The molecule has 120 valence electrons. The summed E-state index contributed by atoms with van der Waals surface area (Å²) < 4.78 is 8.47. The van der Waals surface area contributed by atoms with Gasteiger partial charge in [-0.15, -0.1) is 12.4 Å². The van der Waals surface area contributed by atoms with E-state index in [0.29, 0.717) is 12.0 Å². The number of aryl methyl sites for hydroxylation is 1. The van der Waals surface area contributed by atoms with Gasteiger partial charge in [0.15, 0.2) is 0 Å². The summed E-state index contributed by atoms with van der Waals surface area (Å²) in [6.45, 7) is 7.35. The summed E-state index contributed by atoms with van der Waals surface area (Å²) in [6.07, 6.45) is 3.78. The second-order valence-electron chi connectivity index (χ2n) is 6.80. The Morgan fingerprint density at radius 1 is 1.36 bits per heavy atom. The lowest BCUT2D eigenvalue weighted by Gasteiger charge is -2.31. The van der Waals surface area contributed by atoms with E-state index in [-0.39, 0.29) is 12.4 Å². The molecule has 0 amide bonds. The predicted molar refractivity (Wildman–Crippen MR) is 93.2 cm³/mol. The third-order valence-electron chi connectivity index (χ3n) is 4.74. The van der Waals surface area contributed by atoms with Crippen LogP contribution in [-0.4, -0.2) is 17.7 Å². The molecule has 1 aromatic carbocycles. The largest absolute Gasteiger partial charge is 0.493 e. The number of nitrogens with one attached hydrogen (secondary N) is 1. The van der Waals surface area contributed by atoms with Crippen molar-refractivity contribution in [1.82, 2.24) is 9.88 Å². The fourth-order valence-corrected chi connectivity index (χ4v) is 3.85. The Morgan fingerprint density at radius 3 is 3.05 bits per heavy atom. The topological polar surface area (TPSA) is 26.2 Å². The van der Waals surface area contributed by atoms with Crippen molar-refractivity contribution in [3.8, 4) is 5.75 Å². The molecule has 22 heavy (non-hydrogen) atoms. The Morgan fingerprint density at radius 2 is 2.23 bits per heavy atom. The van der Waals surface area contributed by atoms with Gasteiger partial charge in [-0.2, -0.15) is 0 Å². The minimum Gasteiger partial charge on any atom is -0.493 e. The maximum Gasteiger partial charge on any atom is 0.120 e. The first-order valence-electron chi connectivity index (χ1n) is 8.25. The van der Waals surface area contributed by atoms with Gasteiger partial charge in [0, 0.05) is 35.7 Å². The molecule has 1 N–H and O–H groups in total. The first kappa shape index (κ1) is 15.7. The first-order valence-corrected chi connectivity index (χ1v) is 8.25. The molecule has 1 aromatic heterocycles. The monoisotopic (exact) mass is 320 g/mol. The van der Waals surface area contributed by atoms with Crippen LogP contribution in [0.15, 0.2) is 18.2 Å². The number of fused-ring (bicyclic) bond motifs is 3. The Labute approximate surface area is 138 Å². The van der Waals surface area contributed by atoms with Crippen molar-refractivity contribution in [2.45, 2.75) is 45.7 Å². The highest BCUT2D eigenvalue weighted by Crippen LogP contribution is 2.39. The van der Waals surface area contributed by atoms with Crippen molar-refractivity contribution in [2.24, 2.45) is 5.92 Å². The van der Waals surface area contributed by atoms with Crippen molar-refractivity contribution in [3.05, 3.63) is 29.5 Å². The van der Waals surface area contributed by atoms with Gasteiger partial charge >= 0.3 is 0 Å². The van der Waals surface area contributed by atoms with Gasteiger partial charge in [0.05, 0.1) is 6.61 Å². The molecular formula is C18H25ClN2O. The molecule has 0 spiro atoms. The number of ether oxygens (including phenoxy) is 1. The van der Waals surface area contributed by atoms with E-state index in [9.17, 15) is 0 Å². The second-order valence-corrected chi connectivity index (χ2v) is 6.80. The van der Waals surface area contributed by atoms with E-state index in [4.69, 9.17) is 4.74 Å². The predicted octanol–water partition coefficient (Wildman–Crippen LogP) is 4.08. The number of rotatable bonds is 3. The molecule has 4 heteroatoms. The van der Waals surface area contributed by atoms with Crippen LogP contribution in [0.5, 0.6) is 5.75 Å². The summed E-state index contributed by atoms with van der Waals surface area (Å²) in [6, 6.07) is 7.22. The van der Waals surface area contributed by atoms with Gasteiger partial charge in [0.2, 0.25) is 0 Å². The van der Waals surface area contributed by atoms with Gasteiger partial charge < -0.3 is 14.6 Å². The molecule has 1 unspecified atom stereocenters. The van der Waals surface area contributed by atoms with Gasteiger partial charge in [-0.1, -0.05) is 13.8 Å². The van der Waals surface area contributed by atoms with Crippen molar-refractivity contribution < 1.29 is 4.74 Å². The Kier molecular flexibility index (Phi) is 4.37. The van der Waals surface area contributed by atoms with Gasteiger partial charge in [0.25, 0.3) is 0 Å². The third kappa shape index (κ3) is 2.50. The van der Waals surface area contributed by atoms with Crippen LogP contribution in [0.4, 0.5) is 0 Å². The van der Waals surface area contributed by atoms with Crippen LogP contribution in [0.3, 0.4) is 0 Å². The average Bonchev–Trinajstić information content (AvgIpc) is 2.82. The van der Waals surface area contributed by atoms with Crippen molar-refractivity contribution >= 4 is 23.3 Å². The quantitative estimate of drug-likeness (QED) is 0.922. The summed E-state index contributed by atoms with van der Waals surface area (Å²) in [4.78, 5) is 0. The number of benzene rings is 1. The van der Waals surface area contributed by atoms with Crippen LogP contribution >= 0.6 is 12.4 Å². The van der Waals surface area contributed by atoms with Crippen LogP contribution in [0.25, 0.3) is 10.9 Å². The maximum atomic E-state index is 5.93. The van der Waals surface area contributed by atoms with Crippen molar-refractivity contribution in [3.63, 3.8) is 0 Å². The molecule has 1 atom stereocenters. The Bertz CT molecular complexity index is 675. The lowest BCUT2D eigenvalue weighted by molar-refractivity contribution is 0.271. The molecular weight excluding hydrogens is 296 g/mol. The molecule has 0 radical (unpaired) electrons. The van der Waals surface area contributed by atoms with Crippen LogP contribution in [0.2, 0.25) is 0 Å². The van der Waals surface area contributed by atoms with Crippen molar-refractivity contribution in [2.75, 3.05) is 13.2 Å². The minimum absolute atomic E-state index is 0. The number of hydrogen-bond acceptors (Lipinski definition) is 2. The van der Waals surface area contributed by atoms with E-state index in [1.165, 1.54) is 30.2 Å². The fourth-order valence-electron chi connectivity index (χ4n) is 3.85. The van der Waals surface area contributed by atoms with Crippen molar-refractivity contribution in [1.29, 1.82) is 0 Å². The minimum atomic E-state index is 0. The molecule has 1 aliphatic carbocycles. The van der Waals surface area contributed by atoms with E-state index in [1.54, 1.807) is 11.3 Å². The van der Waals surface area contributed by atoms with Crippen LogP contribution in [0.1, 0.15) is 44.0 Å². The van der Waals surface area contributed by atoms with Crippen LogP contribution in [-0.2, 0) is 13.0 Å². The summed E-state index contributed by atoms with van der Waals surface area (Å²) >= 11 is 0. The van der Waals surface area contributed by atoms with Gasteiger partial charge in [-0.05, 0) is 48.9 Å². The average molecular weight is 321 g/mol. The summed E-state index contributed by atoms with van der Waals surface area (Å²) in [5.74, 6) is 1.58. The zero-order valence-corrected chi connectivity index (χ0v) is 14.2. The van der Waals surface area contributed by atoms with Gasteiger partial charge in [-0.25, -0.2) is 0 Å². The Balaban J connectivity index is 0.00000144. The molecule has 1 aliphatic heterocycles.